The fraction of sp³-hybridized carbons (Fsp3) is 0.421. The largest absolute Gasteiger partial charge is 0.496 e. The molecule has 0 aliphatic heterocycles. The highest BCUT2D eigenvalue weighted by molar-refractivity contribution is 6.30. The molecule has 0 spiro atoms. The molecule has 0 saturated heterocycles. The van der Waals surface area contributed by atoms with Crippen molar-refractivity contribution in [1.82, 2.24) is 14.8 Å². The predicted octanol–water partition coefficient (Wildman–Crippen LogP) is 3.33. The maximum atomic E-state index is 6.07. The number of aryl methyl sites for hydroxylation is 1. The molecule has 1 heterocycles. The number of benzene rings is 1. The molecule has 0 atom stereocenters. The molecule has 1 aromatic heterocycles. The molecule has 25 heavy (non-hydrogen) atoms. The van der Waals surface area contributed by atoms with Gasteiger partial charge >= 0.3 is 0 Å². The molecule has 5 nitrogen and oxygen atoms in total. The van der Waals surface area contributed by atoms with Crippen LogP contribution in [0.25, 0.3) is 0 Å². The summed E-state index contributed by atoms with van der Waals surface area (Å²) in [4.78, 5) is 6.86. The molecular weight excluding hydrogens is 336 g/mol. The van der Waals surface area contributed by atoms with Crippen LogP contribution in [0.3, 0.4) is 0 Å². The van der Waals surface area contributed by atoms with E-state index in [0.29, 0.717) is 6.54 Å². The normalized spacial score (nSPS) is 11.5. The van der Waals surface area contributed by atoms with E-state index in [4.69, 9.17) is 21.3 Å². The van der Waals surface area contributed by atoms with Crippen molar-refractivity contribution in [3.63, 3.8) is 0 Å². The van der Waals surface area contributed by atoms with Gasteiger partial charge in [-0.2, -0.15) is 0 Å². The lowest BCUT2D eigenvalue weighted by molar-refractivity contribution is 0.409. The van der Waals surface area contributed by atoms with Crippen molar-refractivity contribution in [2.24, 2.45) is 12.0 Å². The number of halogens is 1. The van der Waals surface area contributed by atoms with Crippen molar-refractivity contribution >= 4 is 17.6 Å². The molecule has 0 amide bonds. The van der Waals surface area contributed by atoms with Crippen LogP contribution in [-0.4, -0.2) is 42.7 Å². The molecular formula is C19H27ClN4O. The molecule has 0 saturated carbocycles. The third kappa shape index (κ3) is 5.43. The molecule has 0 bridgehead atoms. The number of aliphatic imine (C=N–C) groups is 1. The predicted molar refractivity (Wildman–Crippen MR) is 105 cm³/mol. The molecule has 0 unspecified atom stereocenters. The second kappa shape index (κ2) is 9.37. The van der Waals surface area contributed by atoms with Crippen LogP contribution in [0.15, 0.2) is 41.5 Å². The Morgan fingerprint density at radius 2 is 2.12 bits per heavy atom. The molecule has 0 aliphatic carbocycles. The van der Waals surface area contributed by atoms with Gasteiger partial charge in [0.15, 0.2) is 5.96 Å². The number of guanidine groups is 1. The Morgan fingerprint density at radius 3 is 2.76 bits per heavy atom. The van der Waals surface area contributed by atoms with Gasteiger partial charge in [0.2, 0.25) is 0 Å². The Hall–Kier alpha value is -2.14. The summed E-state index contributed by atoms with van der Waals surface area (Å²) in [5.41, 5.74) is 2.31. The zero-order valence-corrected chi connectivity index (χ0v) is 16.2. The van der Waals surface area contributed by atoms with E-state index in [1.165, 1.54) is 5.56 Å². The Morgan fingerprint density at radius 1 is 1.36 bits per heavy atom. The summed E-state index contributed by atoms with van der Waals surface area (Å²) in [5, 5.41) is 4.10. The highest BCUT2D eigenvalue weighted by Gasteiger charge is 2.10. The van der Waals surface area contributed by atoms with Crippen LogP contribution in [-0.2, 0) is 20.0 Å². The third-order valence-electron chi connectivity index (χ3n) is 4.01. The van der Waals surface area contributed by atoms with Gasteiger partial charge in [-0.1, -0.05) is 29.8 Å². The first kappa shape index (κ1) is 19.2. The van der Waals surface area contributed by atoms with E-state index in [9.17, 15) is 0 Å². The SMILES string of the molecule is CCNC(=NCCc1ccccc1OC)N(C)Cc1cc(Cl)cn1C. The zero-order valence-electron chi connectivity index (χ0n) is 15.4. The van der Waals surface area contributed by atoms with E-state index in [-0.39, 0.29) is 0 Å². The van der Waals surface area contributed by atoms with Gasteiger partial charge in [-0.3, -0.25) is 4.99 Å². The maximum absolute atomic E-state index is 6.07. The standard InChI is InChI=1S/C19H27ClN4O/c1-5-21-19(24(3)14-17-12-16(20)13-23(17)2)22-11-10-15-8-6-7-9-18(15)25-4/h6-9,12-13H,5,10-11,14H2,1-4H3,(H,21,22). The van der Waals surface area contributed by atoms with Crippen molar-refractivity contribution in [3.8, 4) is 5.75 Å². The van der Waals surface area contributed by atoms with Crippen LogP contribution in [0.5, 0.6) is 5.75 Å². The van der Waals surface area contributed by atoms with Crippen LogP contribution in [0.1, 0.15) is 18.2 Å². The highest BCUT2D eigenvalue weighted by atomic mass is 35.5. The number of nitrogens with zero attached hydrogens (tertiary/aromatic N) is 3. The number of hydrogen-bond donors (Lipinski definition) is 1. The van der Waals surface area contributed by atoms with Crippen molar-refractivity contribution in [2.45, 2.75) is 19.9 Å². The summed E-state index contributed by atoms with van der Waals surface area (Å²) >= 11 is 6.07. The van der Waals surface area contributed by atoms with Crippen LogP contribution in [0, 0.1) is 0 Å². The fourth-order valence-electron chi connectivity index (χ4n) is 2.70. The summed E-state index contributed by atoms with van der Waals surface area (Å²) in [5.74, 6) is 1.80. The zero-order chi connectivity index (χ0) is 18.2. The number of ether oxygens (including phenoxy) is 1. The number of rotatable bonds is 7. The molecule has 1 aromatic carbocycles. The lowest BCUT2D eigenvalue weighted by atomic mass is 10.1. The van der Waals surface area contributed by atoms with E-state index >= 15 is 0 Å². The van der Waals surface area contributed by atoms with E-state index < -0.39 is 0 Å². The van der Waals surface area contributed by atoms with Crippen molar-refractivity contribution < 1.29 is 4.74 Å². The molecule has 0 radical (unpaired) electrons. The minimum Gasteiger partial charge on any atom is -0.496 e. The summed E-state index contributed by atoms with van der Waals surface area (Å²) in [6.07, 6.45) is 2.75. The van der Waals surface area contributed by atoms with Gasteiger partial charge in [0.25, 0.3) is 0 Å². The molecule has 1 N–H and O–H groups in total. The minimum atomic E-state index is 0.695. The van der Waals surface area contributed by atoms with E-state index in [1.54, 1.807) is 7.11 Å². The van der Waals surface area contributed by atoms with Gasteiger partial charge in [0.05, 0.1) is 18.7 Å². The van der Waals surface area contributed by atoms with Crippen LogP contribution < -0.4 is 10.1 Å². The van der Waals surface area contributed by atoms with Crippen molar-refractivity contribution in [2.75, 3.05) is 27.2 Å². The molecule has 2 rings (SSSR count). The summed E-state index contributed by atoms with van der Waals surface area (Å²) < 4.78 is 7.44. The van der Waals surface area contributed by atoms with Gasteiger partial charge < -0.3 is 19.5 Å². The number of para-hydroxylation sites is 1. The van der Waals surface area contributed by atoms with Crippen LogP contribution in [0.2, 0.25) is 5.02 Å². The summed E-state index contributed by atoms with van der Waals surface area (Å²) in [7, 11) is 5.73. The molecule has 136 valence electrons. The molecule has 0 fully saturated rings. The lowest BCUT2D eigenvalue weighted by Crippen LogP contribution is -2.39. The Labute approximate surface area is 155 Å². The lowest BCUT2D eigenvalue weighted by Gasteiger charge is -2.22. The quantitative estimate of drug-likeness (QED) is 0.606. The number of aromatic nitrogens is 1. The Kier molecular flexibility index (Phi) is 7.19. The van der Waals surface area contributed by atoms with Crippen LogP contribution in [0.4, 0.5) is 0 Å². The van der Waals surface area contributed by atoms with Crippen molar-refractivity contribution in [1.29, 1.82) is 0 Å². The van der Waals surface area contributed by atoms with E-state index in [0.717, 1.165) is 41.9 Å². The molecule has 0 aliphatic rings. The second-order valence-electron chi connectivity index (χ2n) is 5.91. The summed E-state index contributed by atoms with van der Waals surface area (Å²) in [6, 6.07) is 10.1. The smallest absolute Gasteiger partial charge is 0.194 e. The van der Waals surface area contributed by atoms with Gasteiger partial charge in [-0.25, -0.2) is 0 Å². The number of nitrogens with one attached hydrogen (secondary N) is 1. The topological polar surface area (TPSA) is 41.8 Å². The number of hydrogen-bond acceptors (Lipinski definition) is 2. The number of methoxy groups -OCH3 is 1. The van der Waals surface area contributed by atoms with Crippen molar-refractivity contribution in [3.05, 3.63) is 52.8 Å². The fourth-order valence-corrected chi connectivity index (χ4v) is 2.97. The second-order valence-corrected chi connectivity index (χ2v) is 6.35. The highest BCUT2D eigenvalue weighted by Crippen LogP contribution is 2.18. The first-order chi connectivity index (χ1) is 12.0. The third-order valence-corrected chi connectivity index (χ3v) is 4.21. The first-order valence-electron chi connectivity index (χ1n) is 8.47. The maximum Gasteiger partial charge on any atom is 0.194 e. The van der Waals surface area contributed by atoms with E-state index in [2.05, 4.69) is 23.2 Å². The molecule has 2 aromatic rings. The first-order valence-corrected chi connectivity index (χ1v) is 8.85. The average Bonchev–Trinajstić information content (AvgIpc) is 2.91. The average molecular weight is 363 g/mol. The van der Waals surface area contributed by atoms with Gasteiger partial charge in [0, 0.05) is 39.1 Å². The van der Waals surface area contributed by atoms with Gasteiger partial charge in [-0.15, -0.1) is 0 Å². The Balaban J connectivity index is 2.03. The molecule has 6 heteroatoms. The Bertz CT molecular complexity index is 711. The van der Waals surface area contributed by atoms with Gasteiger partial charge in [-0.05, 0) is 31.0 Å². The van der Waals surface area contributed by atoms with Gasteiger partial charge in [0.1, 0.15) is 5.75 Å². The van der Waals surface area contributed by atoms with Crippen LogP contribution >= 0.6 is 11.6 Å². The minimum absolute atomic E-state index is 0.695. The summed E-state index contributed by atoms with van der Waals surface area (Å²) in [6.45, 7) is 4.33. The monoisotopic (exact) mass is 362 g/mol. The van der Waals surface area contributed by atoms with E-state index in [1.807, 2.05) is 49.1 Å².